The van der Waals surface area contributed by atoms with E-state index in [1.54, 1.807) is 24.3 Å². The third-order valence-electron chi connectivity index (χ3n) is 3.84. The van der Waals surface area contributed by atoms with E-state index < -0.39 is 6.09 Å². The normalized spacial score (nSPS) is 13.3. The molecule has 0 radical (unpaired) electrons. The van der Waals surface area contributed by atoms with Gasteiger partial charge in [-0.2, -0.15) is 4.98 Å². The topological polar surface area (TPSA) is 89.3 Å². The van der Waals surface area contributed by atoms with Gasteiger partial charge in [0.25, 0.3) is 0 Å². The minimum absolute atomic E-state index is 0.550. The van der Waals surface area contributed by atoms with Crippen LogP contribution in [0.25, 0.3) is 10.9 Å². The Morgan fingerprint density at radius 1 is 1.30 bits per heavy atom. The van der Waals surface area contributed by atoms with Gasteiger partial charge in [-0.3, -0.25) is 4.57 Å². The predicted molar refractivity (Wildman–Crippen MR) is 82.7 cm³/mol. The van der Waals surface area contributed by atoms with Gasteiger partial charge >= 0.3 is 6.09 Å². The molecule has 0 atom stereocenters. The molecule has 0 saturated heterocycles. The number of fused-ring (bicyclic) bond motifs is 2. The molecule has 3 aromatic rings. The van der Waals surface area contributed by atoms with E-state index in [0.29, 0.717) is 29.5 Å². The van der Waals surface area contributed by atoms with E-state index >= 15 is 0 Å². The second kappa shape index (κ2) is 5.06. The molecule has 116 valence electrons. The molecule has 0 unspecified atom stereocenters. The van der Waals surface area contributed by atoms with Crippen LogP contribution in [0.3, 0.4) is 0 Å². The lowest BCUT2D eigenvalue weighted by Gasteiger charge is -2.10. The molecule has 7 nitrogen and oxygen atoms in total. The number of carbonyl (C=O) groups is 1. The van der Waals surface area contributed by atoms with Crippen LogP contribution in [0.1, 0.15) is 17.1 Å². The smallest absolute Gasteiger partial charge is 0.415 e. The first-order valence-corrected chi connectivity index (χ1v) is 7.21. The number of aromatic nitrogens is 3. The summed E-state index contributed by atoms with van der Waals surface area (Å²) in [5.74, 6) is 1.84. The minimum atomic E-state index is -1.01. The fourth-order valence-electron chi connectivity index (χ4n) is 2.80. The molecule has 0 spiro atoms. The summed E-state index contributed by atoms with van der Waals surface area (Å²) in [6.07, 6.45) is 0.511. The van der Waals surface area contributed by atoms with Crippen LogP contribution in [0, 0.1) is 6.92 Å². The fourth-order valence-corrected chi connectivity index (χ4v) is 2.80. The first kappa shape index (κ1) is 13.7. The lowest BCUT2D eigenvalue weighted by Crippen LogP contribution is -2.05. The summed E-state index contributed by atoms with van der Waals surface area (Å²) in [7, 11) is 0. The fraction of sp³-hybridized carbons (Fsp3) is 0.188. The monoisotopic (exact) mass is 310 g/mol. The van der Waals surface area contributed by atoms with Crippen LogP contribution in [0.2, 0.25) is 0 Å². The Hall–Kier alpha value is -2.93. The average Bonchev–Trinajstić information content (AvgIpc) is 3.12. The van der Waals surface area contributed by atoms with Crippen LogP contribution < -0.4 is 10.1 Å². The zero-order chi connectivity index (χ0) is 16.0. The van der Waals surface area contributed by atoms with Gasteiger partial charge < -0.3 is 15.2 Å². The molecule has 7 heteroatoms. The minimum Gasteiger partial charge on any atom is -0.464 e. The Labute approximate surface area is 131 Å². The maximum Gasteiger partial charge on any atom is 0.415 e. The zero-order valence-corrected chi connectivity index (χ0v) is 12.4. The van der Waals surface area contributed by atoms with E-state index in [4.69, 9.17) is 9.84 Å². The number of nitrogens with zero attached hydrogens (tertiary/aromatic N) is 3. The number of ether oxygens (including phenoxy) is 1. The summed E-state index contributed by atoms with van der Waals surface area (Å²) < 4.78 is 7.11. The van der Waals surface area contributed by atoms with Crippen molar-refractivity contribution in [2.24, 2.45) is 0 Å². The van der Waals surface area contributed by atoms with Crippen molar-refractivity contribution >= 4 is 17.0 Å². The molecule has 23 heavy (non-hydrogen) atoms. The van der Waals surface area contributed by atoms with Crippen molar-refractivity contribution in [2.75, 3.05) is 0 Å². The molecule has 0 aliphatic carbocycles. The van der Waals surface area contributed by atoms with E-state index in [9.17, 15) is 4.79 Å². The zero-order valence-electron chi connectivity index (χ0n) is 12.4. The molecule has 1 aliphatic heterocycles. The van der Waals surface area contributed by atoms with Crippen molar-refractivity contribution in [3.05, 3.63) is 47.5 Å². The van der Waals surface area contributed by atoms with Crippen LogP contribution in [0.15, 0.2) is 30.5 Å². The summed E-state index contributed by atoms with van der Waals surface area (Å²) in [6.45, 7) is 3.24. The Morgan fingerprint density at radius 3 is 3.00 bits per heavy atom. The van der Waals surface area contributed by atoms with Crippen molar-refractivity contribution in [1.29, 1.82) is 0 Å². The van der Waals surface area contributed by atoms with Crippen molar-refractivity contribution in [3.8, 4) is 11.6 Å². The number of hydrogen-bond acceptors (Lipinski definition) is 5. The van der Waals surface area contributed by atoms with E-state index in [0.717, 1.165) is 23.2 Å². The molecule has 0 fully saturated rings. The molecule has 0 saturated carbocycles. The molecule has 1 aliphatic rings. The van der Waals surface area contributed by atoms with Gasteiger partial charge in [0.15, 0.2) is 0 Å². The maximum atomic E-state index is 11.1. The highest BCUT2D eigenvalue weighted by Gasteiger charge is 2.19. The third-order valence-corrected chi connectivity index (χ3v) is 3.84. The number of nitrogens with one attached hydrogen (secondary N) is 1. The first-order valence-electron chi connectivity index (χ1n) is 7.21. The van der Waals surface area contributed by atoms with Crippen LogP contribution >= 0.6 is 0 Å². The van der Waals surface area contributed by atoms with Crippen molar-refractivity contribution in [3.63, 3.8) is 0 Å². The summed E-state index contributed by atoms with van der Waals surface area (Å²) in [5.41, 5.74) is 2.56. The lowest BCUT2D eigenvalue weighted by molar-refractivity contribution is 0.197. The molecule has 4 rings (SSSR count). The quantitative estimate of drug-likeness (QED) is 0.756. The van der Waals surface area contributed by atoms with Gasteiger partial charge in [0.05, 0.1) is 16.8 Å². The number of rotatable bonds is 2. The number of carboxylic acid groups (broad SMARTS) is 1. The summed E-state index contributed by atoms with van der Waals surface area (Å²) in [5, 5.41) is 13.2. The highest BCUT2D eigenvalue weighted by molar-refractivity contribution is 5.89. The van der Waals surface area contributed by atoms with Gasteiger partial charge in [-0.05, 0) is 31.2 Å². The Balaban J connectivity index is 1.73. The molecule has 2 aromatic heterocycles. The van der Waals surface area contributed by atoms with E-state index in [-0.39, 0.29) is 0 Å². The molecule has 2 N–H and O–H groups in total. The van der Waals surface area contributed by atoms with Gasteiger partial charge in [-0.25, -0.2) is 9.78 Å². The molecule has 3 heterocycles. The first-order chi connectivity index (χ1) is 11.1. The molecular weight excluding hydrogens is 296 g/mol. The average molecular weight is 310 g/mol. The van der Waals surface area contributed by atoms with E-state index in [2.05, 4.69) is 15.3 Å². The Kier molecular flexibility index (Phi) is 3.02. The predicted octanol–water partition coefficient (Wildman–Crippen LogP) is 2.66. The molecule has 0 bridgehead atoms. The van der Waals surface area contributed by atoms with Gasteiger partial charge in [0.2, 0.25) is 5.88 Å². The highest BCUT2D eigenvalue weighted by Crippen LogP contribution is 2.30. The number of aryl methyl sites for hydroxylation is 1. The summed E-state index contributed by atoms with van der Waals surface area (Å²) >= 11 is 0. The van der Waals surface area contributed by atoms with Crippen LogP contribution in [0.5, 0.6) is 11.6 Å². The third kappa shape index (κ3) is 2.31. The van der Waals surface area contributed by atoms with Crippen LogP contribution in [0.4, 0.5) is 4.79 Å². The van der Waals surface area contributed by atoms with Crippen molar-refractivity contribution < 1.29 is 14.6 Å². The highest BCUT2D eigenvalue weighted by atomic mass is 16.5. The molecule has 0 amide bonds. The second-order valence-corrected chi connectivity index (χ2v) is 5.40. The Morgan fingerprint density at radius 2 is 2.17 bits per heavy atom. The largest absolute Gasteiger partial charge is 0.464 e. The Bertz CT molecular complexity index is 932. The number of hydrogen-bond donors (Lipinski definition) is 2. The SMILES string of the molecule is Cc1nc2c(c(Oc3ccc4c(ccn4C(=O)O)c3)n1)CNC2. The molecular formula is C16H14N4O3. The summed E-state index contributed by atoms with van der Waals surface area (Å²) in [6, 6.07) is 7.02. The second-order valence-electron chi connectivity index (χ2n) is 5.40. The van der Waals surface area contributed by atoms with E-state index in [1.165, 1.54) is 10.8 Å². The van der Waals surface area contributed by atoms with Gasteiger partial charge in [-0.1, -0.05) is 0 Å². The number of benzene rings is 1. The van der Waals surface area contributed by atoms with Gasteiger partial charge in [-0.15, -0.1) is 0 Å². The van der Waals surface area contributed by atoms with Gasteiger partial charge in [0, 0.05) is 24.7 Å². The maximum absolute atomic E-state index is 11.1. The van der Waals surface area contributed by atoms with E-state index in [1.807, 2.05) is 6.92 Å². The van der Waals surface area contributed by atoms with Crippen LogP contribution in [-0.2, 0) is 13.1 Å². The molecule has 1 aromatic carbocycles. The standard InChI is InChI=1S/C16H14N4O3/c1-9-18-13-8-17-7-12(13)15(19-9)23-11-2-3-14-10(6-11)4-5-20(14)16(21)22/h2-6,17H,7-8H2,1H3,(H,21,22). The summed E-state index contributed by atoms with van der Waals surface area (Å²) in [4.78, 5) is 19.9. The van der Waals surface area contributed by atoms with Crippen LogP contribution in [-0.4, -0.2) is 25.7 Å². The van der Waals surface area contributed by atoms with Crippen molar-refractivity contribution in [2.45, 2.75) is 20.0 Å². The lowest BCUT2D eigenvalue weighted by atomic mass is 10.2. The van der Waals surface area contributed by atoms with Crippen molar-refractivity contribution in [1.82, 2.24) is 19.9 Å². The van der Waals surface area contributed by atoms with Gasteiger partial charge in [0.1, 0.15) is 11.6 Å².